The maximum Gasteiger partial charge on any atom is 0.305 e. The van der Waals surface area contributed by atoms with Crippen molar-refractivity contribution in [1.82, 2.24) is 5.32 Å². The van der Waals surface area contributed by atoms with Gasteiger partial charge in [-0.05, 0) is 17.7 Å². The Hall–Kier alpha value is -1.98. The van der Waals surface area contributed by atoms with Gasteiger partial charge in [0.25, 0.3) is 0 Å². The summed E-state index contributed by atoms with van der Waals surface area (Å²) in [6, 6.07) is 1.71. The molecule has 0 aliphatic heterocycles. The van der Waals surface area contributed by atoms with Gasteiger partial charge in [-0.2, -0.15) is 0 Å². The number of amides is 1. The molecule has 4 nitrogen and oxygen atoms in total. The van der Waals surface area contributed by atoms with Gasteiger partial charge in [-0.25, -0.2) is 8.78 Å². The van der Waals surface area contributed by atoms with Crippen molar-refractivity contribution in [2.45, 2.75) is 19.4 Å². The summed E-state index contributed by atoms with van der Waals surface area (Å²) < 4.78 is 25.9. The first kappa shape index (κ1) is 13.1. The molecule has 0 bridgehead atoms. The van der Waals surface area contributed by atoms with E-state index < -0.39 is 36.0 Å². The molecule has 0 spiro atoms. The number of hydrogen-bond acceptors (Lipinski definition) is 2. The van der Waals surface area contributed by atoms with Crippen LogP contribution in [-0.4, -0.2) is 17.0 Å². The fraction of sp³-hybridized carbons (Fsp3) is 0.273. The lowest BCUT2D eigenvalue weighted by atomic mass is 10.0. The molecule has 0 aliphatic rings. The van der Waals surface area contributed by atoms with E-state index in [2.05, 4.69) is 5.32 Å². The molecule has 0 saturated carbocycles. The summed E-state index contributed by atoms with van der Waals surface area (Å²) in [5.74, 6) is -3.28. The minimum atomic E-state index is -1.17. The van der Waals surface area contributed by atoms with E-state index in [1.165, 1.54) is 6.92 Å². The molecule has 17 heavy (non-hydrogen) atoms. The maximum absolute atomic E-state index is 13.0. The second-order valence-electron chi connectivity index (χ2n) is 3.55. The van der Waals surface area contributed by atoms with E-state index in [4.69, 9.17) is 5.11 Å². The van der Waals surface area contributed by atoms with Crippen molar-refractivity contribution >= 4 is 11.9 Å². The molecule has 0 unspecified atom stereocenters. The topological polar surface area (TPSA) is 66.4 Å². The number of nitrogens with one attached hydrogen (secondary N) is 1. The van der Waals surface area contributed by atoms with Crippen LogP contribution in [0, 0.1) is 11.6 Å². The van der Waals surface area contributed by atoms with Gasteiger partial charge in [0, 0.05) is 13.0 Å². The van der Waals surface area contributed by atoms with E-state index in [1.54, 1.807) is 0 Å². The van der Waals surface area contributed by atoms with Crippen LogP contribution in [0.25, 0.3) is 0 Å². The number of aliphatic carboxylic acids is 1. The first-order valence-corrected chi connectivity index (χ1v) is 4.83. The highest BCUT2D eigenvalue weighted by molar-refractivity contribution is 5.75. The fourth-order valence-electron chi connectivity index (χ4n) is 1.45. The highest BCUT2D eigenvalue weighted by atomic mass is 19.1. The van der Waals surface area contributed by atoms with Crippen LogP contribution in [0.4, 0.5) is 8.78 Å². The number of halogens is 2. The Bertz CT molecular complexity index is 412. The molecule has 0 heterocycles. The summed E-state index contributed by atoms with van der Waals surface area (Å²) >= 11 is 0. The molecule has 1 aromatic rings. The summed E-state index contributed by atoms with van der Waals surface area (Å²) in [5, 5.41) is 11.0. The van der Waals surface area contributed by atoms with Crippen LogP contribution < -0.4 is 5.32 Å². The van der Waals surface area contributed by atoms with E-state index in [0.29, 0.717) is 6.07 Å². The average molecular weight is 243 g/mol. The van der Waals surface area contributed by atoms with Crippen molar-refractivity contribution in [3.05, 3.63) is 35.4 Å². The Morgan fingerprint density at radius 3 is 2.24 bits per heavy atom. The Morgan fingerprint density at radius 2 is 1.82 bits per heavy atom. The molecular formula is C11H11F2NO3. The Kier molecular flexibility index (Phi) is 4.14. The molecule has 0 saturated heterocycles. The first-order chi connectivity index (χ1) is 7.88. The second kappa shape index (κ2) is 5.38. The first-order valence-electron chi connectivity index (χ1n) is 4.83. The van der Waals surface area contributed by atoms with E-state index in [1.807, 2.05) is 0 Å². The fourth-order valence-corrected chi connectivity index (χ4v) is 1.45. The number of carbonyl (C=O) groups excluding carboxylic acids is 1. The molecule has 1 atom stereocenters. The van der Waals surface area contributed by atoms with Gasteiger partial charge >= 0.3 is 5.97 Å². The minimum Gasteiger partial charge on any atom is -0.481 e. The lowest BCUT2D eigenvalue weighted by Gasteiger charge is -2.16. The van der Waals surface area contributed by atoms with Crippen LogP contribution in [0.1, 0.15) is 24.9 Å². The average Bonchev–Trinajstić information content (AvgIpc) is 2.13. The van der Waals surface area contributed by atoms with Gasteiger partial charge in [0.05, 0.1) is 12.5 Å². The lowest BCUT2D eigenvalue weighted by molar-refractivity contribution is -0.137. The number of rotatable bonds is 4. The largest absolute Gasteiger partial charge is 0.481 e. The normalized spacial score (nSPS) is 11.9. The van der Waals surface area contributed by atoms with Crippen molar-refractivity contribution < 1.29 is 23.5 Å². The predicted octanol–water partition coefficient (Wildman–Crippen LogP) is 1.62. The second-order valence-corrected chi connectivity index (χ2v) is 3.55. The van der Waals surface area contributed by atoms with Crippen LogP contribution in [0.5, 0.6) is 0 Å². The van der Waals surface area contributed by atoms with E-state index in [9.17, 15) is 18.4 Å². The van der Waals surface area contributed by atoms with Crippen molar-refractivity contribution in [1.29, 1.82) is 0 Å². The molecule has 0 radical (unpaired) electrons. The van der Waals surface area contributed by atoms with Gasteiger partial charge in [0.2, 0.25) is 5.91 Å². The highest BCUT2D eigenvalue weighted by Gasteiger charge is 2.18. The van der Waals surface area contributed by atoms with E-state index in [0.717, 1.165) is 12.1 Å². The standard InChI is InChI=1S/C11H11F2NO3/c1-6(15)14-10(5-11(16)17)7-2-8(12)4-9(13)3-7/h2-4,10H,5H2,1H3,(H,14,15)(H,16,17)/t10-/m0/s1. The quantitative estimate of drug-likeness (QED) is 0.844. The summed E-state index contributed by atoms with van der Waals surface area (Å²) in [4.78, 5) is 21.5. The van der Waals surface area contributed by atoms with Crippen molar-refractivity contribution in [3.8, 4) is 0 Å². The van der Waals surface area contributed by atoms with Crippen LogP contribution in [0.15, 0.2) is 18.2 Å². The molecule has 0 aliphatic carbocycles. The monoisotopic (exact) mass is 243 g/mol. The predicted molar refractivity (Wildman–Crippen MR) is 55.2 cm³/mol. The van der Waals surface area contributed by atoms with Crippen molar-refractivity contribution in [2.75, 3.05) is 0 Å². The van der Waals surface area contributed by atoms with Gasteiger partial charge in [-0.3, -0.25) is 9.59 Å². The number of carboxylic acid groups (broad SMARTS) is 1. The Balaban J connectivity index is 3.02. The third-order valence-corrected chi connectivity index (χ3v) is 2.04. The molecule has 1 aromatic carbocycles. The van der Waals surface area contributed by atoms with Crippen LogP contribution in [-0.2, 0) is 9.59 Å². The smallest absolute Gasteiger partial charge is 0.305 e. The van der Waals surface area contributed by atoms with E-state index >= 15 is 0 Å². The molecular weight excluding hydrogens is 232 g/mol. The Labute approximate surface area is 96.3 Å². The SMILES string of the molecule is CC(=O)N[C@@H](CC(=O)O)c1cc(F)cc(F)c1. The lowest BCUT2D eigenvalue weighted by Crippen LogP contribution is -2.28. The molecule has 2 N–H and O–H groups in total. The zero-order valence-electron chi connectivity index (χ0n) is 9.04. The highest BCUT2D eigenvalue weighted by Crippen LogP contribution is 2.19. The summed E-state index contributed by atoms with van der Waals surface area (Å²) in [7, 11) is 0. The van der Waals surface area contributed by atoms with Gasteiger partial charge in [0.1, 0.15) is 11.6 Å². The zero-order chi connectivity index (χ0) is 13.0. The molecule has 1 amide bonds. The van der Waals surface area contributed by atoms with Gasteiger partial charge in [0.15, 0.2) is 0 Å². The Morgan fingerprint density at radius 1 is 1.29 bits per heavy atom. The van der Waals surface area contributed by atoms with Gasteiger partial charge in [-0.1, -0.05) is 0 Å². The molecule has 92 valence electrons. The molecule has 0 aromatic heterocycles. The van der Waals surface area contributed by atoms with Gasteiger partial charge in [-0.15, -0.1) is 0 Å². The third kappa shape index (κ3) is 4.18. The summed E-state index contributed by atoms with van der Waals surface area (Å²) in [5.41, 5.74) is 0.0834. The van der Waals surface area contributed by atoms with E-state index in [-0.39, 0.29) is 5.56 Å². The van der Waals surface area contributed by atoms with Gasteiger partial charge < -0.3 is 10.4 Å². The molecule has 0 fully saturated rings. The minimum absolute atomic E-state index is 0.0834. The molecule has 6 heteroatoms. The third-order valence-electron chi connectivity index (χ3n) is 2.04. The maximum atomic E-state index is 13.0. The number of carboxylic acids is 1. The van der Waals surface area contributed by atoms with Crippen molar-refractivity contribution in [3.63, 3.8) is 0 Å². The van der Waals surface area contributed by atoms with Crippen LogP contribution in [0.3, 0.4) is 0 Å². The number of carbonyl (C=O) groups is 2. The number of benzene rings is 1. The molecule has 1 rings (SSSR count). The summed E-state index contributed by atoms with van der Waals surface area (Å²) in [6.07, 6.45) is -0.442. The van der Waals surface area contributed by atoms with Crippen LogP contribution >= 0.6 is 0 Å². The van der Waals surface area contributed by atoms with Crippen LogP contribution in [0.2, 0.25) is 0 Å². The zero-order valence-corrected chi connectivity index (χ0v) is 9.04. The summed E-state index contributed by atoms with van der Waals surface area (Å²) in [6.45, 7) is 1.20. The van der Waals surface area contributed by atoms with Crippen molar-refractivity contribution in [2.24, 2.45) is 0 Å². The number of hydrogen-bond donors (Lipinski definition) is 2.